The monoisotopic (exact) mass is 364 g/mol. The Kier molecular flexibility index (Phi) is 4.60. The summed E-state index contributed by atoms with van der Waals surface area (Å²) in [5.74, 6) is -0.270. The third kappa shape index (κ3) is 3.67. The van der Waals surface area contributed by atoms with E-state index in [-0.39, 0.29) is 5.75 Å². The van der Waals surface area contributed by atoms with E-state index in [4.69, 9.17) is 11.6 Å². The van der Waals surface area contributed by atoms with Crippen molar-refractivity contribution in [2.75, 3.05) is 0 Å². The summed E-state index contributed by atoms with van der Waals surface area (Å²) in [5.41, 5.74) is 1.72. The van der Waals surface area contributed by atoms with Crippen LogP contribution in [-0.4, -0.2) is 6.36 Å². The Bertz CT molecular complexity index is 614. The molecule has 6 heteroatoms. The van der Waals surface area contributed by atoms with E-state index in [1.807, 2.05) is 0 Å². The molecule has 2 rings (SSSR count). The summed E-state index contributed by atoms with van der Waals surface area (Å²) >= 11 is 9.38. The number of hydrogen-bond donors (Lipinski definition) is 0. The van der Waals surface area contributed by atoms with E-state index in [9.17, 15) is 13.2 Å². The van der Waals surface area contributed by atoms with E-state index in [1.165, 1.54) is 12.1 Å². The van der Waals surface area contributed by atoms with Gasteiger partial charge in [0, 0.05) is 21.5 Å². The summed E-state index contributed by atoms with van der Waals surface area (Å²) in [6, 6.07) is 11.1. The van der Waals surface area contributed by atoms with Crippen molar-refractivity contribution >= 4 is 27.5 Å². The van der Waals surface area contributed by atoms with Crippen molar-refractivity contribution in [1.29, 1.82) is 0 Å². The van der Waals surface area contributed by atoms with Crippen molar-refractivity contribution in [2.24, 2.45) is 0 Å². The van der Waals surface area contributed by atoms with Crippen LogP contribution in [0.1, 0.15) is 5.56 Å². The fourth-order valence-electron chi connectivity index (χ4n) is 1.76. The molecule has 2 aromatic rings. The third-order valence-corrected chi connectivity index (χ3v) is 3.57. The van der Waals surface area contributed by atoms with E-state index in [0.717, 1.165) is 5.56 Å². The normalized spacial score (nSPS) is 11.4. The Hall–Kier alpha value is -1.20. The fraction of sp³-hybridized carbons (Fsp3) is 0.143. The van der Waals surface area contributed by atoms with Crippen molar-refractivity contribution in [1.82, 2.24) is 0 Å². The van der Waals surface area contributed by atoms with Crippen molar-refractivity contribution in [3.63, 3.8) is 0 Å². The molecule has 0 fully saturated rings. The standard InChI is InChI=1S/C14H9BrClF3O/c15-8-9-5-6-12(16)11(7-9)10-3-1-2-4-13(10)20-14(17,18)19/h1-7H,8H2. The van der Waals surface area contributed by atoms with E-state index in [1.54, 1.807) is 30.3 Å². The Morgan fingerprint density at radius 3 is 2.40 bits per heavy atom. The summed E-state index contributed by atoms with van der Waals surface area (Å²) < 4.78 is 41.3. The van der Waals surface area contributed by atoms with Crippen molar-refractivity contribution in [3.05, 3.63) is 53.1 Å². The predicted octanol–water partition coefficient (Wildman–Crippen LogP) is 5.80. The maximum atomic E-state index is 12.4. The molecule has 0 radical (unpaired) electrons. The van der Waals surface area contributed by atoms with Gasteiger partial charge in [-0.15, -0.1) is 13.2 Å². The first-order chi connectivity index (χ1) is 9.40. The van der Waals surface area contributed by atoms with Gasteiger partial charge in [-0.1, -0.05) is 51.8 Å². The second-order valence-electron chi connectivity index (χ2n) is 3.99. The third-order valence-electron chi connectivity index (χ3n) is 2.59. The minimum Gasteiger partial charge on any atom is -0.405 e. The molecular formula is C14H9BrClF3O. The van der Waals surface area contributed by atoms with Crippen LogP contribution in [0.3, 0.4) is 0 Å². The molecule has 1 nitrogen and oxygen atoms in total. The first kappa shape index (κ1) is 15.2. The molecule has 106 valence electrons. The zero-order chi connectivity index (χ0) is 14.8. The van der Waals surface area contributed by atoms with Crippen LogP contribution in [0.4, 0.5) is 13.2 Å². The van der Waals surface area contributed by atoms with E-state index in [2.05, 4.69) is 20.7 Å². The van der Waals surface area contributed by atoms with Gasteiger partial charge in [-0.05, 0) is 23.8 Å². The van der Waals surface area contributed by atoms with E-state index >= 15 is 0 Å². The highest BCUT2D eigenvalue weighted by atomic mass is 79.9. The van der Waals surface area contributed by atoms with Gasteiger partial charge < -0.3 is 4.74 Å². The second kappa shape index (κ2) is 6.06. The summed E-state index contributed by atoms with van der Waals surface area (Å²) in [6.45, 7) is 0. The first-order valence-corrected chi connectivity index (χ1v) is 7.10. The number of para-hydroxylation sites is 1. The minimum atomic E-state index is -4.74. The smallest absolute Gasteiger partial charge is 0.405 e. The molecule has 0 heterocycles. The molecule has 0 aliphatic heterocycles. The van der Waals surface area contributed by atoms with Gasteiger partial charge in [0.15, 0.2) is 0 Å². The zero-order valence-corrected chi connectivity index (χ0v) is 12.4. The molecule has 20 heavy (non-hydrogen) atoms. The Balaban J connectivity index is 2.52. The number of rotatable bonds is 3. The molecule has 0 unspecified atom stereocenters. The highest BCUT2D eigenvalue weighted by Crippen LogP contribution is 2.37. The van der Waals surface area contributed by atoms with Gasteiger partial charge in [0.1, 0.15) is 5.75 Å². The molecular weight excluding hydrogens is 357 g/mol. The first-order valence-electron chi connectivity index (χ1n) is 5.60. The van der Waals surface area contributed by atoms with Crippen LogP contribution >= 0.6 is 27.5 Å². The van der Waals surface area contributed by atoms with Crippen molar-refractivity contribution in [2.45, 2.75) is 11.7 Å². The largest absolute Gasteiger partial charge is 0.573 e. The van der Waals surface area contributed by atoms with Crippen LogP contribution in [0.5, 0.6) is 5.75 Å². The quantitative estimate of drug-likeness (QED) is 0.625. The summed E-state index contributed by atoms with van der Waals surface area (Å²) in [5, 5.41) is 0.951. The number of halogens is 5. The van der Waals surface area contributed by atoms with Crippen LogP contribution < -0.4 is 4.74 Å². The van der Waals surface area contributed by atoms with Crippen molar-refractivity contribution < 1.29 is 17.9 Å². The lowest BCUT2D eigenvalue weighted by Gasteiger charge is -2.14. The SMILES string of the molecule is FC(F)(F)Oc1ccccc1-c1cc(CBr)ccc1Cl. The fourth-order valence-corrected chi connectivity index (χ4v) is 2.33. The maximum Gasteiger partial charge on any atom is 0.573 e. The van der Waals surface area contributed by atoms with E-state index < -0.39 is 6.36 Å². The van der Waals surface area contributed by atoms with Crippen LogP contribution in [0.15, 0.2) is 42.5 Å². The Labute approximate surface area is 127 Å². The van der Waals surface area contributed by atoms with Gasteiger partial charge in [0.05, 0.1) is 0 Å². The lowest BCUT2D eigenvalue weighted by atomic mass is 10.0. The highest BCUT2D eigenvalue weighted by Gasteiger charge is 2.32. The number of hydrogen-bond acceptors (Lipinski definition) is 1. The molecule has 0 N–H and O–H groups in total. The molecule has 0 aromatic heterocycles. The molecule has 0 spiro atoms. The average molecular weight is 366 g/mol. The number of ether oxygens (including phenoxy) is 1. The highest BCUT2D eigenvalue weighted by molar-refractivity contribution is 9.08. The lowest BCUT2D eigenvalue weighted by Crippen LogP contribution is -2.17. The molecule has 0 bridgehead atoms. The zero-order valence-electron chi connectivity index (χ0n) is 10.0. The topological polar surface area (TPSA) is 9.23 Å². The van der Waals surface area contributed by atoms with E-state index in [0.29, 0.717) is 21.5 Å². The lowest BCUT2D eigenvalue weighted by molar-refractivity contribution is -0.274. The van der Waals surface area contributed by atoms with Gasteiger partial charge in [-0.3, -0.25) is 0 Å². The average Bonchev–Trinajstić information content (AvgIpc) is 2.38. The van der Waals surface area contributed by atoms with Crippen LogP contribution in [0.2, 0.25) is 5.02 Å². The van der Waals surface area contributed by atoms with Gasteiger partial charge in [0.25, 0.3) is 0 Å². The van der Waals surface area contributed by atoms with Crippen molar-refractivity contribution in [3.8, 4) is 16.9 Å². The molecule has 0 aliphatic carbocycles. The number of benzene rings is 2. The molecule has 2 aromatic carbocycles. The number of alkyl halides is 4. The molecule has 0 saturated carbocycles. The molecule has 0 atom stereocenters. The minimum absolute atomic E-state index is 0.270. The van der Waals surface area contributed by atoms with Gasteiger partial charge in [-0.2, -0.15) is 0 Å². The molecule has 0 amide bonds. The maximum absolute atomic E-state index is 12.4. The predicted molar refractivity (Wildman–Crippen MR) is 76.2 cm³/mol. The Morgan fingerprint density at radius 1 is 1.05 bits per heavy atom. The second-order valence-corrected chi connectivity index (χ2v) is 4.96. The van der Waals surface area contributed by atoms with Gasteiger partial charge >= 0.3 is 6.36 Å². The summed E-state index contributed by atoms with van der Waals surface area (Å²) in [4.78, 5) is 0. The van der Waals surface area contributed by atoms with Gasteiger partial charge in [-0.25, -0.2) is 0 Å². The van der Waals surface area contributed by atoms with Gasteiger partial charge in [0.2, 0.25) is 0 Å². The molecule has 0 saturated heterocycles. The van der Waals surface area contributed by atoms with Crippen LogP contribution in [0.25, 0.3) is 11.1 Å². The summed E-state index contributed by atoms with van der Waals surface area (Å²) in [6.07, 6.45) is -4.74. The Morgan fingerprint density at radius 2 is 1.75 bits per heavy atom. The van der Waals surface area contributed by atoms with Crippen LogP contribution in [0, 0.1) is 0 Å². The molecule has 0 aliphatic rings. The van der Waals surface area contributed by atoms with Crippen LogP contribution in [-0.2, 0) is 5.33 Å². The summed E-state index contributed by atoms with van der Waals surface area (Å²) in [7, 11) is 0.